The normalized spacial score (nSPS) is 11.8. The number of amides is 1. The van der Waals surface area contributed by atoms with Gasteiger partial charge in [0.2, 0.25) is 5.91 Å². The van der Waals surface area contributed by atoms with Crippen LogP contribution in [0.1, 0.15) is 19.4 Å². The van der Waals surface area contributed by atoms with Gasteiger partial charge in [0.15, 0.2) is 8.68 Å². The fourth-order valence-corrected chi connectivity index (χ4v) is 4.50. The van der Waals surface area contributed by atoms with Crippen LogP contribution in [-0.4, -0.2) is 27.6 Å². The van der Waals surface area contributed by atoms with Gasteiger partial charge in [-0.3, -0.25) is 4.79 Å². The zero-order chi connectivity index (χ0) is 18.4. The van der Waals surface area contributed by atoms with E-state index in [0.717, 1.165) is 27.9 Å². The number of anilines is 1. The molecule has 1 N–H and O–H groups in total. The Morgan fingerprint density at radius 3 is 2.48 bits per heavy atom. The highest BCUT2D eigenvalue weighted by Gasteiger charge is 2.33. The first-order valence-electron chi connectivity index (χ1n) is 7.31. The van der Waals surface area contributed by atoms with E-state index < -0.39 is 17.6 Å². The van der Waals surface area contributed by atoms with Crippen LogP contribution in [0, 0.1) is 5.92 Å². The maximum absolute atomic E-state index is 12.9. The average molecular weight is 408 g/mol. The molecule has 1 aromatic carbocycles. The molecule has 136 valence electrons. The van der Waals surface area contributed by atoms with Crippen LogP contribution in [-0.2, 0) is 11.0 Å². The van der Waals surface area contributed by atoms with Crippen molar-refractivity contribution in [2.75, 3.05) is 16.8 Å². The lowest BCUT2D eigenvalue weighted by Crippen LogP contribution is -2.18. The van der Waals surface area contributed by atoms with E-state index in [0.29, 0.717) is 10.3 Å². The molecule has 1 heterocycles. The maximum atomic E-state index is 12.9. The number of thioether (sulfide) groups is 2. The lowest BCUT2D eigenvalue weighted by Gasteiger charge is -2.13. The van der Waals surface area contributed by atoms with Gasteiger partial charge in [0.1, 0.15) is 0 Å². The quantitative estimate of drug-likeness (QED) is 0.652. The predicted octanol–water partition coefficient (Wildman–Crippen LogP) is 5.04. The monoisotopic (exact) mass is 407 g/mol. The van der Waals surface area contributed by atoms with Crippen LogP contribution in [0.25, 0.3) is 0 Å². The molecule has 1 aromatic heterocycles. The van der Waals surface area contributed by atoms with Gasteiger partial charge in [-0.25, -0.2) is 0 Å². The third-order valence-corrected chi connectivity index (χ3v) is 6.38. The van der Waals surface area contributed by atoms with Gasteiger partial charge >= 0.3 is 6.18 Å². The van der Waals surface area contributed by atoms with Gasteiger partial charge in [-0.05, 0) is 18.1 Å². The van der Waals surface area contributed by atoms with Gasteiger partial charge in [0.25, 0.3) is 0 Å². The van der Waals surface area contributed by atoms with E-state index >= 15 is 0 Å². The number of carbonyl (C=O) groups excluding carboxylic acids is 1. The molecule has 0 atom stereocenters. The highest BCUT2D eigenvalue weighted by atomic mass is 32.2. The number of carbonyl (C=O) groups is 1. The predicted molar refractivity (Wildman–Crippen MR) is 96.3 cm³/mol. The highest BCUT2D eigenvalue weighted by Crippen LogP contribution is 2.35. The van der Waals surface area contributed by atoms with Crippen molar-refractivity contribution in [3.8, 4) is 0 Å². The minimum atomic E-state index is -4.52. The molecule has 0 saturated heterocycles. The zero-order valence-electron chi connectivity index (χ0n) is 13.5. The van der Waals surface area contributed by atoms with Crippen LogP contribution >= 0.6 is 34.9 Å². The average Bonchev–Trinajstić information content (AvgIpc) is 2.98. The van der Waals surface area contributed by atoms with E-state index in [4.69, 9.17) is 0 Å². The standard InChI is InChI=1S/C15H16F3N3OS3/c1-9(2)7-23-13-20-21-14(25-13)24-8-12(22)19-11-6-4-3-5-10(11)15(16,17)18/h3-6,9H,7-8H2,1-2H3,(H,19,22). The van der Waals surface area contributed by atoms with Crippen LogP contribution in [0.3, 0.4) is 0 Å². The fraction of sp³-hybridized carbons (Fsp3) is 0.400. The van der Waals surface area contributed by atoms with E-state index in [2.05, 4.69) is 29.4 Å². The first kappa shape index (κ1) is 20.1. The van der Waals surface area contributed by atoms with Crippen molar-refractivity contribution in [1.82, 2.24) is 10.2 Å². The van der Waals surface area contributed by atoms with E-state index in [1.165, 1.54) is 29.5 Å². The number of aromatic nitrogens is 2. The van der Waals surface area contributed by atoms with Crippen molar-refractivity contribution in [3.05, 3.63) is 29.8 Å². The second kappa shape index (κ2) is 8.91. The topological polar surface area (TPSA) is 54.9 Å². The van der Waals surface area contributed by atoms with Gasteiger partial charge in [0.05, 0.1) is 17.0 Å². The third kappa shape index (κ3) is 6.52. The second-order valence-electron chi connectivity index (χ2n) is 5.42. The number of nitrogens with zero attached hydrogens (tertiary/aromatic N) is 2. The molecule has 0 aliphatic carbocycles. The molecule has 0 aliphatic heterocycles. The molecular weight excluding hydrogens is 391 g/mol. The lowest BCUT2D eigenvalue weighted by molar-refractivity contribution is -0.137. The minimum absolute atomic E-state index is 0.0321. The Balaban J connectivity index is 1.90. The summed E-state index contributed by atoms with van der Waals surface area (Å²) in [4.78, 5) is 11.9. The number of rotatable bonds is 7. The van der Waals surface area contributed by atoms with Crippen LogP contribution < -0.4 is 5.32 Å². The van der Waals surface area contributed by atoms with Crippen molar-refractivity contribution in [3.63, 3.8) is 0 Å². The molecule has 2 aromatic rings. The fourth-order valence-electron chi connectivity index (χ4n) is 1.70. The number of nitrogens with one attached hydrogen (secondary N) is 1. The molecule has 0 bridgehead atoms. The number of hydrogen-bond acceptors (Lipinski definition) is 6. The molecule has 0 saturated carbocycles. The molecule has 0 radical (unpaired) electrons. The number of hydrogen-bond donors (Lipinski definition) is 1. The van der Waals surface area contributed by atoms with Gasteiger partial charge in [-0.2, -0.15) is 13.2 Å². The Morgan fingerprint density at radius 2 is 1.84 bits per heavy atom. The smallest absolute Gasteiger partial charge is 0.325 e. The third-order valence-electron chi connectivity index (χ3n) is 2.76. The molecule has 0 unspecified atom stereocenters. The Labute approximate surface area is 156 Å². The Kier molecular flexibility index (Phi) is 7.14. The molecule has 0 spiro atoms. The molecular formula is C15H16F3N3OS3. The molecule has 2 rings (SSSR count). The van der Waals surface area contributed by atoms with Gasteiger partial charge in [-0.15, -0.1) is 10.2 Å². The van der Waals surface area contributed by atoms with Crippen molar-refractivity contribution in [1.29, 1.82) is 0 Å². The number of halogens is 3. The Hall–Kier alpha value is -1.26. The second-order valence-corrected chi connectivity index (χ2v) is 8.89. The first-order valence-corrected chi connectivity index (χ1v) is 10.1. The Morgan fingerprint density at radius 1 is 1.20 bits per heavy atom. The number of alkyl halides is 3. The summed E-state index contributed by atoms with van der Waals surface area (Å²) in [5, 5.41) is 10.3. The maximum Gasteiger partial charge on any atom is 0.418 e. The summed E-state index contributed by atoms with van der Waals surface area (Å²) in [5.41, 5.74) is -1.11. The zero-order valence-corrected chi connectivity index (χ0v) is 15.9. The highest BCUT2D eigenvalue weighted by molar-refractivity contribution is 8.03. The van der Waals surface area contributed by atoms with Crippen molar-refractivity contribution in [2.24, 2.45) is 5.92 Å². The van der Waals surface area contributed by atoms with Crippen molar-refractivity contribution >= 4 is 46.5 Å². The summed E-state index contributed by atoms with van der Waals surface area (Å²) in [6.07, 6.45) is -4.52. The summed E-state index contributed by atoms with van der Waals surface area (Å²) >= 11 is 4.13. The van der Waals surface area contributed by atoms with Crippen molar-refractivity contribution in [2.45, 2.75) is 28.7 Å². The SMILES string of the molecule is CC(C)CSc1nnc(SCC(=O)Nc2ccccc2C(F)(F)F)s1. The van der Waals surface area contributed by atoms with Crippen LogP contribution in [0.2, 0.25) is 0 Å². The molecule has 25 heavy (non-hydrogen) atoms. The van der Waals surface area contributed by atoms with Gasteiger partial charge < -0.3 is 5.32 Å². The van der Waals surface area contributed by atoms with Gasteiger partial charge in [0, 0.05) is 5.75 Å². The molecule has 0 aliphatic rings. The number of para-hydroxylation sites is 1. The molecule has 10 heteroatoms. The van der Waals surface area contributed by atoms with Crippen LogP contribution in [0.5, 0.6) is 0 Å². The van der Waals surface area contributed by atoms with E-state index in [1.807, 2.05) is 0 Å². The largest absolute Gasteiger partial charge is 0.418 e. The van der Waals surface area contributed by atoms with E-state index in [1.54, 1.807) is 11.8 Å². The van der Waals surface area contributed by atoms with Crippen molar-refractivity contribution < 1.29 is 18.0 Å². The summed E-state index contributed by atoms with van der Waals surface area (Å²) in [7, 11) is 0. The van der Waals surface area contributed by atoms with E-state index in [9.17, 15) is 18.0 Å². The molecule has 1 amide bonds. The molecule has 0 fully saturated rings. The lowest BCUT2D eigenvalue weighted by atomic mass is 10.1. The minimum Gasteiger partial charge on any atom is -0.325 e. The summed E-state index contributed by atoms with van der Waals surface area (Å²) in [6.45, 7) is 4.21. The van der Waals surface area contributed by atoms with Crippen LogP contribution in [0.4, 0.5) is 18.9 Å². The first-order chi connectivity index (χ1) is 11.8. The Bertz CT molecular complexity index is 719. The number of benzene rings is 1. The summed E-state index contributed by atoms with van der Waals surface area (Å²) in [5.74, 6) is 0.904. The summed E-state index contributed by atoms with van der Waals surface area (Å²) < 4.78 is 40.2. The van der Waals surface area contributed by atoms with E-state index in [-0.39, 0.29) is 11.4 Å². The van der Waals surface area contributed by atoms with Crippen LogP contribution in [0.15, 0.2) is 32.9 Å². The summed E-state index contributed by atoms with van der Waals surface area (Å²) in [6, 6.07) is 4.90. The van der Waals surface area contributed by atoms with Gasteiger partial charge in [-0.1, -0.05) is 60.8 Å². The molecule has 4 nitrogen and oxygen atoms in total.